The number of carbonyl (C=O) groups is 2. The van der Waals surface area contributed by atoms with Crippen LogP contribution in [0, 0.1) is 20.2 Å². The van der Waals surface area contributed by atoms with Crippen LogP contribution in [0.5, 0.6) is 0 Å². The van der Waals surface area contributed by atoms with Crippen molar-refractivity contribution in [3.05, 3.63) is 68.8 Å². The van der Waals surface area contributed by atoms with Gasteiger partial charge in [0.1, 0.15) is 0 Å². The second kappa shape index (κ2) is 8.10. The van der Waals surface area contributed by atoms with Gasteiger partial charge in [-0.05, 0) is 12.1 Å². The zero-order valence-electron chi connectivity index (χ0n) is 14.5. The van der Waals surface area contributed by atoms with Crippen molar-refractivity contribution in [2.45, 2.75) is 11.8 Å². The second-order valence-electron chi connectivity index (χ2n) is 5.67. The smallest absolute Gasteiger partial charge is 0.320 e. The van der Waals surface area contributed by atoms with Crippen molar-refractivity contribution in [3.63, 3.8) is 0 Å². The number of nitrogens with one attached hydrogen (secondary N) is 2. The summed E-state index contributed by atoms with van der Waals surface area (Å²) in [6.45, 7) is 0. The Morgan fingerprint density at radius 3 is 1.37 bits per heavy atom. The number of benzene rings is 2. The van der Waals surface area contributed by atoms with Gasteiger partial charge in [0.2, 0.25) is 0 Å². The zero-order valence-corrected chi connectivity index (χ0v) is 14.5. The molecule has 10 nitrogen and oxygen atoms in total. The van der Waals surface area contributed by atoms with Crippen LogP contribution >= 0.6 is 0 Å². The van der Waals surface area contributed by atoms with E-state index < -0.39 is 56.3 Å². The molecule has 0 saturated heterocycles. The van der Waals surface area contributed by atoms with Gasteiger partial charge in [-0.2, -0.15) is 17.6 Å². The highest BCUT2D eigenvalue weighted by Crippen LogP contribution is 2.37. The largest absolute Gasteiger partial charge is 0.396 e. The molecule has 0 aliphatic carbocycles. The van der Waals surface area contributed by atoms with E-state index in [1.807, 2.05) is 0 Å². The maximum Gasteiger partial charge on any atom is 0.396 e. The normalized spacial score (nSPS) is 11.5. The summed E-state index contributed by atoms with van der Waals surface area (Å²) in [5, 5.41) is 24.1. The quantitative estimate of drug-likeness (QED) is 0.392. The lowest BCUT2D eigenvalue weighted by Gasteiger charge is -2.24. The van der Waals surface area contributed by atoms with Crippen molar-refractivity contribution in [1.82, 2.24) is 0 Å². The molecule has 0 unspecified atom stereocenters. The molecule has 2 amide bonds. The SMILES string of the molecule is O=C(Nc1cccc([N+](=O)[O-])c1)C(F)(F)C(F)(F)C(=O)Nc1cccc([N+](=O)[O-])c1. The summed E-state index contributed by atoms with van der Waals surface area (Å²) in [6, 6.07) is 7.12. The van der Waals surface area contributed by atoms with E-state index in [0.717, 1.165) is 36.4 Å². The third kappa shape index (κ3) is 4.48. The summed E-state index contributed by atoms with van der Waals surface area (Å²) in [5.41, 5.74) is -2.37. The standard InChI is InChI=1S/C16H10F4N4O6/c17-15(18,13(25)21-9-3-1-5-11(7-9)23(27)28)16(19,20)14(26)22-10-4-2-6-12(8-10)24(29)30/h1-8H,(H,21,25)(H,22,26). The summed E-state index contributed by atoms with van der Waals surface area (Å²) in [6.07, 6.45) is 0. The number of anilines is 2. The molecule has 0 aliphatic rings. The fourth-order valence-corrected chi connectivity index (χ4v) is 2.10. The lowest BCUT2D eigenvalue weighted by atomic mass is 10.1. The number of rotatable bonds is 7. The van der Waals surface area contributed by atoms with E-state index in [-0.39, 0.29) is 0 Å². The van der Waals surface area contributed by atoms with Gasteiger partial charge in [0.25, 0.3) is 11.4 Å². The van der Waals surface area contributed by atoms with E-state index >= 15 is 0 Å². The Bertz CT molecular complexity index is 949. The monoisotopic (exact) mass is 430 g/mol. The molecule has 0 fully saturated rings. The van der Waals surface area contributed by atoms with Crippen LogP contribution in [-0.4, -0.2) is 33.5 Å². The Labute approximate surface area is 163 Å². The molecule has 0 heterocycles. The Morgan fingerprint density at radius 1 is 0.733 bits per heavy atom. The molecule has 2 N–H and O–H groups in total. The van der Waals surface area contributed by atoms with Crippen LogP contribution in [0.2, 0.25) is 0 Å². The molecule has 0 spiro atoms. The fourth-order valence-electron chi connectivity index (χ4n) is 2.10. The minimum Gasteiger partial charge on any atom is -0.320 e. The third-order valence-corrected chi connectivity index (χ3v) is 3.59. The molecule has 2 aromatic carbocycles. The summed E-state index contributed by atoms with van der Waals surface area (Å²) in [7, 11) is 0. The van der Waals surface area contributed by atoms with E-state index in [1.165, 1.54) is 10.6 Å². The van der Waals surface area contributed by atoms with E-state index in [1.54, 1.807) is 0 Å². The number of carbonyl (C=O) groups excluding carboxylic acids is 2. The number of halogens is 4. The fraction of sp³-hybridized carbons (Fsp3) is 0.125. The van der Waals surface area contributed by atoms with Gasteiger partial charge in [-0.15, -0.1) is 0 Å². The molecule has 0 radical (unpaired) electrons. The third-order valence-electron chi connectivity index (χ3n) is 3.59. The van der Waals surface area contributed by atoms with E-state index in [4.69, 9.17) is 0 Å². The molecule has 158 valence electrons. The zero-order chi connectivity index (χ0) is 22.7. The van der Waals surface area contributed by atoms with E-state index in [9.17, 15) is 47.4 Å². The van der Waals surface area contributed by atoms with Crippen molar-refractivity contribution < 1.29 is 37.0 Å². The number of alkyl halides is 4. The Hall–Kier alpha value is -4.10. The number of nitro benzene ring substituents is 2. The molecule has 2 rings (SSSR count). The topological polar surface area (TPSA) is 144 Å². The van der Waals surface area contributed by atoms with Gasteiger partial charge in [-0.25, -0.2) is 0 Å². The number of nitro groups is 2. The van der Waals surface area contributed by atoms with Gasteiger partial charge >= 0.3 is 23.7 Å². The van der Waals surface area contributed by atoms with Crippen molar-refractivity contribution in [2.24, 2.45) is 0 Å². The number of non-ortho nitro benzene ring substituents is 2. The minimum atomic E-state index is -5.57. The van der Waals surface area contributed by atoms with E-state index in [2.05, 4.69) is 0 Å². The molecular weight excluding hydrogens is 420 g/mol. The number of amides is 2. The Morgan fingerprint density at radius 2 is 1.07 bits per heavy atom. The summed E-state index contributed by atoms with van der Waals surface area (Å²) in [4.78, 5) is 42.9. The van der Waals surface area contributed by atoms with Crippen LogP contribution in [0.15, 0.2) is 48.5 Å². The van der Waals surface area contributed by atoms with Crippen LogP contribution in [0.4, 0.5) is 40.3 Å². The molecule has 0 aliphatic heterocycles. The van der Waals surface area contributed by atoms with Crippen molar-refractivity contribution in [2.75, 3.05) is 10.6 Å². The van der Waals surface area contributed by atoms with Gasteiger partial charge in [0.15, 0.2) is 0 Å². The molecule has 0 atom stereocenters. The first kappa shape index (κ1) is 22.2. The van der Waals surface area contributed by atoms with E-state index in [0.29, 0.717) is 12.1 Å². The molecule has 0 aromatic heterocycles. The lowest BCUT2D eigenvalue weighted by molar-refractivity contribution is -0.385. The Balaban J connectivity index is 2.21. The predicted molar refractivity (Wildman–Crippen MR) is 93.3 cm³/mol. The first-order valence-electron chi connectivity index (χ1n) is 7.73. The lowest BCUT2D eigenvalue weighted by Crippen LogP contribution is -2.56. The average Bonchev–Trinajstić information content (AvgIpc) is 2.68. The maximum atomic E-state index is 14.0. The summed E-state index contributed by atoms with van der Waals surface area (Å²) >= 11 is 0. The molecule has 0 saturated carbocycles. The van der Waals surface area contributed by atoms with Gasteiger partial charge in [-0.3, -0.25) is 29.8 Å². The minimum absolute atomic E-state index is 0.580. The van der Waals surface area contributed by atoms with Crippen molar-refractivity contribution in [3.8, 4) is 0 Å². The number of hydrogen-bond acceptors (Lipinski definition) is 6. The van der Waals surface area contributed by atoms with Gasteiger partial charge in [0, 0.05) is 35.6 Å². The van der Waals surface area contributed by atoms with Gasteiger partial charge < -0.3 is 10.6 Å². The highest BCUT2D eigenvalue weighted by Gasteiger charge is 2.67. The Kier molecular flexibility index (Phi) is 5.99. The maximum absolute atomic E-state index is 14.0. The van der Waals surface area contributed by atoms with Crippen LogP contribution in [0.25, 0.3) is 0 Å². The average molecular weight is 430 g/mol. The van der Waals surface area contributed by atoms with Crippen LogP contribution in [-0.2, 0) is 9.59 Å². The molecule has 30 heavy (non-hydrogen) atoms. The molecule has 0 bridgehead atoms. The van der Waals surface area contributed by atoms with Crippen LogP contribution < -0.4 is 10.6 Å². The first-order valence-corrected chi connectivity index (χ1v) is 7.73. The van der Waals surface area contributed by atoms with Gasteiger partial charge in [0.05, 0.1) is 9.85 Å². The second-order valence-corrected chi connectivity index (χ2v) is 5.67. The van der Waals surface area contributed by atoms with Crippen molar-refractivity contribution >= 4 is 34.6 Å². The molecular formula is C16H10F4N4O6. The highest BCUT2D eigenvalue weighted by molar-refractivity contribution is 6.05. The van der Waals surface area contributed by atoms with Gasteiger partial charge in [-0.1, -0.05) is 12.1 Å². The first-order chi connectivity index (χ1) is 13.9. The van der Waals surface area contributed by atoms with Crippen LogP contribution in [0.1, 0.15) is 0 Å². The van der Waals surface area contributed by atoms with Crippen LogP contribution in [0.3, 0.4) is 0 Å². The predicted octanol–water partition coefficient (Wildman–Crippen LogP) is 3.35. The van der Waals surface area contributed by atoms with Crippen molar-refractivity contribution in [1.29, 1.82) is 0 Å². The summed E-state index contributed by atoms with van der Waals surface area (Å²) < 4.78 is 56.1. The molecule has 2 aromatic rings. The number of nitrogens with zero attached hydrogens (tertiary/aromatic N) is 2. The molecule has 14 heteroatoms. The number of hydrogen-bond donors (Lipinski definition) is 2. The highest BCUT2D eigenvalue weighted by atomic mass is 19.3. The summed E-state index contributed by atoms with van der Waals surface area (Å²) in [5.74, 6) is -16.3.